The number of benzene rings is 1. The highest BCUT2D eigenvalue weighted by Gasteiger charge is 2.30. The van der Waals surface area contributed by atoms with Crippen LogP contribution in [0.2, 0.25) is 5.02 Å². The number of carboxylic acid groups (broad SMARTS) is 1. The first-order chi connectivity index (χ1) is 9.45. The first kappa shape index (κ1) is 14.7. The molecule has 6 heteroatoms. The van der Waals surface area contributed by atoms with Crippen molar-refractivity contribution in [3.63, 3.8) is 0 Å². The van der Waals surface area contributed by atoms with Crippen molar-refractivity contribution in [2.45, 2.75) is 32.2 Å². The number of hydrogen-bond donors (Lipinski definition) is 3. The minimum atomic E-state index is -0.791. The van der Waals surface area contributed by atoms with Crippen LogP contribution in [0.15, 0.2) is 18.2 Å². The molecule has 0 radical (unpaired) electrons. The van der Waals surface area contributed by atoms with Crippen molar-refractivity contribution in [2.24, 2.45) is 5.92 Å². The summed E-state index contributed by atoms with van der Waals surface area (Å²) in [6.45, 7) is 1.88. The molecule has 1 fully saturated rings. The maximum atomic E-state index is 11.9. The number of amides is 2. The summed E-state index contributed by atoms with van der Waals surface area (Å²) in [6.07, 6.45) is 1.78. The minimum absolute atomic E-state index is 0.0874. The fraction of sp³-hybridized carbons (Fsp3) is 0.429. The topological polar surface area (TPSA) is 78.4 Å². The van der Waals surface area contributed by atoms with Gasteiger partial charge < -0.3 is 15.7 Å². The lowest BCUT2D eigenvalue weighted by Crippen LogP contribution is -2.36. The van der Waals surface area contributed by atoms with Gasteiger partial charge in [0.1, 0.15) is 0 Å². The predicted molar refractivity (Wildman–Crippen MR) is 77.1 cm³/mol. The van der Waals surface area contributed by atoms with E-state index in [1.165, 1.54) is 0 Å². The average molecular weight is 297 g/mol. The molecule has 2 unspecified atom stereocenters. The normalized spacial score (nSPS) is 21.5. The monoisotopic (exact) mass is 296 g/mol. The molecule has 5 nitrogen and oxygen atoms in total. The third-order valence-corrected chi connectivity index (χ3v) is 3.80. The molecule has 1 aliphatic rings. The van der Waals surface area contributed by atoms with Gasteiger partial charge in [-0.3, -0.25) is 4.79 Å². The predicted octanol–water partition coefficient (Wildman–Crippen LogP) is 3.02. The standard InChI is InChI=1S/C14H17ClN2O3/c1-8-2-4-10(15)7-12(8)17-14(20)16-11-5-3-9(6-11)13(18)19/h2,4,7,9,11H,3,5-6H2,1H3,(H,18,19)(H2,16,17,20). The van der Waals surface area contributed by atoms with Crippen LogP contribution in [0.4, 0.5) is 10.5 Å². The number of carbonyl (C=O) groups is 2. The number of aliphatic carboxylic acids is 1. The van der Waals surface area contributed by atoms with Gasteiger partial charge in [0.25, 0.3) is 0 Å². The summed E-state index contributed by atoms with van der Waals surface area (Å²) in [5, 5.41) is 15.0. The van der Waals surface area contributed by atoms with E-state index in [2.05, 4.69) is 10.6 Å². The van der Waals surface area contributed by atoms with Crippen LogP contribution in [0.1, 0.15) is 24.8 Å². The van der Waals surface area contributed by atoms with Crippen LogP contribution in [0.25, 0.3) is 0 Å². The molecular formula is C14H17ClN2O3. The molecule has 0 spiro atoms. The van der Waals surface area contributed by atoms with Crippen LogP contribution in [0.5, 0.6) is 0 Å². The number of carboxylic acids is 1. The lowest BCUT2D eigenvalue weighted by atomic mass is 10.1. The Morgan fingerprint density at radius 3 is 2.75 bits per heavy atom. The summed E-state index contributed by atoms with van der Waals surface area (Å²) in [5.74, 6) is -1.14. The number of urea groups is 1. The van der Waals surface area contributed by atoms with Crippen LogP contribution < -0.4 is 10.6 Å². The van der Waals surface area contributed by atoms with Crippen LogP contribution in [-0.4, -0.2) is 23.1 Å². The van der Waals surface area contributed by atoms with E-state index in [9.17, 15) is 9.59 Å². The van der Waals surface area contributed by atoms with Gasteiger partial charge in [0.05, 0.1) is 5.92 Å². The molecule has 0 aliphatic heterocycles. The Hall–Kier alpha value is -1.75. The number of nitrogens with one attached hydrogen (secondary N) is 2. The van der Waals surface area contributed by atoms with Crippen molar-refractivity contribution >= 4 is 29.3 Å². The number of aryl methyl sites for hydroxylation is 1. The second-order valence-electron chi connectivity index (χ2n) is 5.10. The van der Waals surface area contributed by atoms with E-state index in [0.29, 0.717) is 30.0 Å². The molecule has 108 valence electrons. The fourth-order valence-electron chi connectivity index (χ4n) is 2.41. The number of anilines is 1. The molecule has 1 aromatic rings. The molecule has 1 aromatic carbocycles. The van der Waals surface area contributed by atoms with E-state index < -0.39 is 5.97 Å². The Morgan fingerprint density at radius 2 is 2.10 bits per heavy atom. The van der Waals surface area contributed by atoms with Crippen LogP contribution >= 0.6 is 11.6 Å². The van der Waals surface area contributed by atoms with E-state index >= 15 is 0 Å². The number of hydrogen-bond acceptors (Lipinski definition) is 2. The van der Waals surface area contributed by atoms with Gasteiger partial charge >= 0.3 is 12.0 Å². The second-order valence-corrected chi connectivity index (χ2v) is 5.54. The lowest BCUT2D eigenvalue weighted by molar-refractivity contribution is -0.141. The van der Waals surface area contributed by atoms with Crippen molar-refractivity contribution < 1.29 is 14.7 Å². The molecule has 2 rings (SSSR count). The van der Waals surface area contributed by atoms with Crippen LogP contribution in [0, 0.1) is 12.8 Å². The van der Waals surface area contributed by atoms with Crippen molar-refractivity contribution in [3.8, 4) is 0 Å². The van der Waals surface area contributed by atoms with Gasteiger partial charge in [0.2, 0.25) is 0 Å². The Kier molecular flexibility index (Phi) is 4.49. The largest absolute Gasteiger partial charge is 0.481 e. The molecule has 20 heavy (non-hydrogen) atoms. The van der Waals surface area contributed by atoms with Gasteiger partial charge in [-0.25, -0.2) is 4.79 Å². The summed E-state index contributed by atoms with van der Waals surface area (Å²) in [5.41, 5.74) is 1.57. The van der Waals surface area contributed by atoms with Crippen molar-refractivity contribution in [2.75, 3.05) is 5.32 Å². The zero-order valence-electron chi connectivity index (χ0n) is 11.1. The van der Waals surface area contributed by atoms with Crippen LogP contribution in [-0.2, 0) is 4.79 Å². The Morgan fingerprint density at radius 1 is 1.35 bits per heavy atom. The number of rotatable bonds is 3. The summed E-state index contributed by atoms with van der Waals surface area (Å²) >= 11 is 5.89. The van der Waals surface area contributed by atoms with Gasteiger partial charge in [0, 0.05) is 16.8 Å². The molecule has 1 aliphatic carbocycles. The van der Waals surface area contributed by atoms with Gasteiger partial charge in [-0.15, -0.1) is 0 Å². The highest BCUT2D eigenvalue weighted by atomic mass is 35.5. The smallest absolute Gasteiger partial charge is 0.319 e. The third-order valence-electron chi connectivity index (χ3n) is 3.56. The third kappa shape index (κ3) is 3.63. The maximum Gasteiger partial charge on any atom is 0.319 e. The van der Waals surface area contributed by atoms with E-state index in [1.54, 1.807) is 12.1 Å². The highest BCUT2D eigenvalue weighted by Crippen LogP contribution is 2.26. The molecular weight excluding hydrogens is 280 g/mol. The Bertz CT molecular complexity index is 533. The lowest BCUT2D eigenvalue weighted by Gasteiger charge is -2.14. The van der Waals surface area contributed by atoms with Crippen LogP contribution in [0.3, 0.4) is 0 Å². The molecule has 2 amide bonds. The van der Waals surface area contributed by atoms with Crippen molar-refractivity contribution in [1.82, 2.24) is 5.32 Å². The quantitative estimate of drug-likeness (QED) is 0.802. The van der Waals surface area contributed by atoms with E-state index in [1.807, 2.05) is 13.0 Å². The first-order valence-corrected chi connectivity index (χ1v) is 6.90. The van der Waals surface area contributed by atoms with Gasteiger partial charge in [-0.05, 0) is 43.9 Å². The van der Waals surface area contributed by atoms with E-state index in [4.69, 9.17) is 16.7 Å². The molecule has 1 saturated carbocycles. The molecule has 0 bridgehead atoms. The van der Waals surface area contributed by atoms with Gasteiger partial charge in [-0.1, -0.05) is 17.7 Å². The number of carbonyl (C=O) groups excluding carboxylic acids is 1. The summed E-state index contributed by atoms with van der Waals surface area (Å²) in [7, 11) is 0. The zero-order chi connectivity index (χ0) is 14.7. The summed E-state index contributed by atoms with van der Waals surface area (Å²) in [4.78, 5) is 22.8. The maximum absolute atomic E-state index is 11.9. The van der Waals surface area contributed by atoms with Crippen molar-refractivity contribution in [1.29, 1.82) is 0 Å². The minimum Gasteiger partial charge on any atom is -0.481 e. The molecule has 0 heterocycles. The van der Waals surface area contributed by atoms with E-state index in [0.717, 1.165) is 5.56 Å². The summed E-state index contributed by atoms with van der Waals surface area (Å²) in [6, 6.07) is 4.86. The van der Waals surface area contributed by atoms with E-state index in [-0.39, 0.29) is 18.0 Å². The fourth-order valence-corrected chi connectivity index (χ4v) is 2.58. The van der Waals surface area contributed by atoms with Crippen molar-refractivity contribution in [3.05, 3.63) is 28.8 Å². The average Bonchev–Trinajstić information content (AvgIpc) is 2.82. The van der Waals surface area contributed by atoms with Gasteiger partial charge in [-0.2, -0.15) is 0 Å². The molecule has 0 aromatic heterocycles. The zero-order valence-corrected chi connectivity index (χ0v) is 11.9. The number of halogens is 1. The molecule has 0 saturated heterocycles. The second kappa shape index (κ2) is 6.13. The Balaban J connectivity index is 1.90. The SMILES string of the molecule is Cc1ccc(Cl)cc1NC(=O)NC1CCC(C(=O)O)C1. The summed E-state index contributed by atoms with van der Waals surface area (Å²) < 4.78 is 0. The molecule has 2 atom stereocenters. The van der Waals surface area contributed by atoms with Gasteiger partial charge in [0.15, 0.2) is 0 Å². The highest BCUT2D eigenvalue weighted by molar-refractivity contribution is 6.31. The first-order valence-electron chi connectivity index (χ1n) is 6.52. The molecule has 3 N–H and O–H groups in total. The Labute approximate surface area is 122 Å².